The van der Waals surface area contributed by atoms with Crippen LogP contribution in [0, 0.1) is 0 Å². The monoisotopic (exact) mass is 381 g/mol. The van der Waals surface area contributed by atoms with Gasteiger partial charge in [0.15, 0.2) is 0 Å². The number of amides is 1. The van der Waals surface area contributed by atoms with Gasteiger partial charge in [0, 0.05) is 11.6 Å². The molecule has 132 valence electrons. The molecule has 0 aliphatic carbocycles. The van der Waals surface area contributed by atoms with Crippen LogP contribution >= 0.6 is 23.4 Å². The summed E-state index contributed by atoms with van der Waals surface area (Å²) in [5.41, 5.74) is 3.40. The summed E-state index contributed by atoms with van der Waals surface area (Å²) in [4.78, 5) is 12.3. The summed E-state index contributed by atoms with van der Waals surface area (Å²) in [5, 5.41) is 3.78. The third-order valence-corrected chi connectivity index (χ3v) is 5.51. The molecule has 0 saturated heterocycles. The zero-order valence-electron chi connectivity index (χ0n) is 14.3. The molecule has 26 heavy (non-hydrogen) atoms. The molecule has 0 aromatic heterocycles. The predicted octanol–water partition coefficient (Wildman–Crippen LogP) is 5.48. The van der Waals surface area contributed by atoms with E-state index in [0.717, 1.165) is 5.56 Å². The predicted molar refractivity (Wildman–Crippen MR) is 110 cm³/mol. The number of halogens is 1. The SMILES string of the molecule is O=C(CSC(c1ccccc1)c1ccccc1)NCc1cccc(Cl)c1. The third-order valence-electron chi connectivity index (χ3n) is 3.96. The van der Waals surface area contributed by atoms with Gasteiger partial charge in [-0.3, -0.25) is 4.79 Å². The van der Waals surface area contributed by atoms with Crippen LogP contribution in [-0.2, 0) is 11.3 Å². The van der Waals surface area contributed by atoms with Crippen LogP contribution in [0.25, 0.3) is 0 Å². The van der Waals surface area contributed by atoms with E-state index in [1.165, 1.54) is 11.1 Å². The fourth-order valence-corrected chi connectivity index (χ4v) is 4.03. The standard InChI is InChI=1S/C22H20ClNOS/c23-20-13-7-8-17(14-20)15-24-21(25)16-26-22(18-9-3-1-4-10-18)19-11-5-2-6-12-19/h1-14,22H,15-16H2,(H,24,25). The molecule has 1 amide bonds. The van der Waals surface area contributed by atoms with Gasteiger partial charge in [-0.25, -0.2) is 0 Å². The summed E-state index contributed by atoms with van der Waals surface area (Å²) in [5.74, 6) is 0.418. The van der Waals surface area contributed by atoms with Crippen LogP contribution in [0.4, 0.5) is 0 Å². The minimum atomic E-state index is 0.0202. The molecule has 1 N–H and O–H groups in total. The van der Waals surface area contributed by atoms with Crippen LogP contribution in [0.5, 0.6) is 0 Å². The summed E-state index contributed by atoms with van der Waals surface area (Å²) in [7, 11) is 0. The molecule has 0 radical (unpaired) electrons. The van der Waals surface area contributed by atoms with Crippen molar-refractivity contribution >= 4 is 29.3 Å². The van der Waals surface area contributed by atoms with Gasteiger partial charge in [0.1, 0.15) is 0 Å². The average Bonchev–Trinajstić information content (AvgIpc) is 2.68. The van der Waals surface area contributed by atoms with E-state index in [0.29, 0.717) is 17.3 Å². The maximum atomic E-state index is 12.3. The lowest BCUT2D eigenvalue weighted by Gasteiger charge is -2.17. The highest BCUT2D eigenvalue weighted by atomic mass is 35.5. The molecule has 4 heteroatoms. The molecule has 3 aromatic rings. The second kappa shape index (κ2) is 9.46. The fourth-order valence-electron chi connectivity index (χ4n) is 2.70. The van der Waals surface area contributed by atoms with E-state index in [9.17, 15) is 4.79 Å². The Balaban J connectivity index is 1.61. The number of nitrogens with one attached hydrogen (secondary N) is 1. The third kappa shape index (κ3) is 5.38. The molecule has 0 aliphatic rings. The Morgan fingerprint density at radius 1 is 0.885 bits per heavy atom. The van der Waals surface area contributed by atoms with E-state index in [2.05, 4.69) is 29.6 Å². The molecule has 0 unspecified atom stereocenters. The summed E-state index contributed by atoms with van der Waals surface area (Å²) in [6, 6.07) is 28.1. The largest absolute Gasteiger partial charge is 0.351 e. The number of carbonyl (C=O) groups excluding carboxylic acids is 1. The van der Waals surface area contributed by atoms with Crippen LogP contribution in [0.15, 0.2) is 84.9 Å². The number of thioether (sulfide) groups is 1. The van der Waals surface area contributed by atoms with Gasteiger partial charge in [-0.05, 0) is 28.8 Å². The van der Waals surface area contributed by atoms with Gasteiger partial charge < -0.3 is 5.32 Å². The first-order valence-corrected chi connectivity index (χ1v) is 9.87. The highest BCUT2D eigenvalue weighted by Crippen LogP contribution is 2.35. The first kappa shape index (κ1) is 18.6. The number of hydrogen-bond donors (Lipinski definition) is 1. The van der Waals surface area contributed by atoms with Crippen LogP contribution in [-0.4, -0.2) is 11.7 Å². The fraction of sp³-hybridized carbons (Fsp3) is 0.136. The van der Waals surface area contributed by atoms with Crippen LogP contribution in [0.2, 0.25) is 5.02 Å². The zero-order valence-corrected chi connectivity index (χ0v) is 15.8. The van der Waals surface area contributed by atoms with E-state index in [1.54, 1.807) is 11.8 Å². The quantitative estimate of drug-likeness (QED) is 0.587. The normalized spacial score (nSPS) is 10.7. The summed E-state index contributed by atoms with van der Waals surface area (Å²) in [6.45, 7) is 0.487. The topological polar surface area (TPSA) is 29.1 Å². The Morgan fingerprint density at radius 2 is 1.50 bits per heavy atom. The van der Waals surface area contributed by atoms with Crippen molar-refractivity contribution in [3.63, 3.8) is 0 Å². The minimum Gasteiger partial charge on any atom is -0.351 e. The smallest absolute Gasteiger partial charge is 0.230 e. The molecule has 0 spiro atoms. The molecule has 0 atom stereocenters. The summed E-state index contributed by atoms with van der Waals surface area (Å²) in [6.07, 6.45) is 0. The summed E-state index contributed by atoms with van der Waals surface area (Å²) < 4.78 is 0. The lowest BCUT2D eigenvalue weighted by molar-refractivity contribution is -0.118. The second-order valence-electron chi connectivity index (χ2n) is 5.92. The molecule has 0 heterocycles. The molecule has 3 aromatic carbocycles. The first-order chi connectivity index (χ1) is 12.7. The van der Waals surface area contributed by atoms with E-state index < -0.39 is 0 Å². The molecule has 0 aliphatic heterocycles. The van der Waals surface area contributed by atoms with Gasteiger partial charge in [-0.2, -0.15) is 0 Å². The van der Waals surface area contributed by atoms with Gasteiger partial charge in [0.2, 0.25) is 5.91 Å². The Bertz CT molecular complexity index is 800. The van der Waals surface area contributed by atoms with Crippen molar-refractivity contribution in [3.05, 3.63) is 107 Å². The zero-order chi connectivity index (χ0) is 18.2. The Kier molecular flexibility index (Phi) is 6.75. The van der Waals surface area contributed by atoms with Crippen molar-refractivity contribution in [2.75, 3.05) is 5.75 Å². The van der Waals surface area contributed by atoms with Crippen molar-refractivity contribution in [2.45, 2.75) is 11.8 Å². The highest BCUT2D eigenvalue weighted by molar-refractivity contribution is 8.00. The highest BCUT2D eigenvalue weighted by Gasteiger charge is 2.16. The number of benzene rings is 3. The number of carbonyl (C=O) groups is 1. The molecule has 3 rings (SSSR count). The lowest BCUT2D eigenvalue weighted by atomic mass is 10.0. The second-order valence-corrected chi connectivity index (χ2v) is 7.45. The van der Waals surface area contributed by atoms with E-state index in [-0.39, 0.29) is 11.2 Å². The minimum absolute atomic E-state index is 0.0202. The van der Waals surface area contributed by atoms with Gasteiger partial charge in [-0.1, -0.05) is 84.4 Å². The van der Waals surface area contributed by atoms with Crippen molar-refractivity contribution in [3.8, 4) is 0 Å². The van der Waals surface area contributed by atoms with Crippen molar-refractivity contribution in [2.24, 2.45) is 0 Å². The van der Waals surface area contributed by atoms with E-state index in [1.807, 2.05) is 60.7 Å². The maximum Gasteiger partial charge on any atom is 0.230 e. The molecular weight excluding hydrogens is 362 g/mol. The van der Waals surface area contributed by atoms with Crippen LogP contribution in [0.3, 0.4) is 0 Å². The van der Waals surface area contributed by atoms with Crippen molar-refractivity contribution < 1.29 is 4.79 Å². The van der Waals surface area contributed by atoms with Crippen LogP contribution < -0.4 is 5.32 Å². The average molecular weight is 382 g/mol. The Labute approximate surface area is 163 Å². The molecule has 2 nitrogen and oxygen atoms in total. The van der Waals surface area contributed by atoms with Crippen LogP contribution in [0.1, 0.15) is 21.9 Å². The molecule has 0 saturated carbocycles. The lowest BCUT2D eigenvalue weighted by Crippen LogP contribution is -2.25. The van der Waals surface area contributed by atoms with Crippen molar-refractivity contribution in [1.82, 2.24) is 5.32 Å². The molecule has 0 bridgehead atoms. The molecule has 0 fully saturated rings. The maximum absolute atomic E-state index is 12.3. The van der Waals surface area contributed by atoms with Gasteiger partial charge in [0.25, 0.3) is 0 Å². The van der Waals surface area contributed by atoms with Gasteiger partial charge in [0.05, 0.1) is 11.0 Å². The number of rotatable bonds is 7. The Morgan fingerprint density at radius 3 is 2.08 bits per heavy atom. The summed E-state index contributed by atoms with van der Waals surface area (Å²) >= 11 is 7.62. The van der Waals surface area contributed by atoms with E-state index in [4.69, 9.17) is 11.6 Å². The number of hydrogen-bond acceptors (Lipinski definition) is 2. The molecular formula is C22H20ClNOS. The van der Waals surface area contributed by atoms with Crippen molar-refractivity contribution in [1.29, 1.82) is 0 Å². The van der Waals surface area contributed by atoms with Gasteiger partial charge in [-0.15, -0.1) is 11.8 Å². The first-order valence-electron chi connectivity index (χ1n) is 8.45. The van der Waals surface area contributed by atoms with Gasteiger partial charge >= 0.3 is 0 Å². The Hall–Kier alpha value is -2.23. The van der Waals surface area contributed by atoms with E-state index >= 15 is 0 Å².